The highest BCUT2D eigenvalue weighted by Crippen LogP contribution is 2.31. The zero-order valence-electron chi connectivity index (χ0n) is 12.5. The van der Waals surface area contributed by atoms with Crippen LogP contribution in [0.25, 0.3) is 0 Å². The summed E-state index contributed by atoms with van der Waals surface area (Å²) in [6.07, 6.45) is 0. The second kappa shape index (κ2) is 7.77. The summed E-state index contributed by atoms with van der Waals surface area (Å²) in [5.74, 6) is 0.304. The second-order valence-corrected chi connectivity index (χ2v) is 6.00. The van der Waals surface area contributed by atoms with Crippen LogP contribution in [0.15, 0.2) is 30.3 Å². The van der Waals surface area contributed by atoms with Crippen molar-refractivity contribution in [1.29, 1.82) is 0 Å². The van der Waals surface area contributed by atoms with Gasteiger partial charge >= 0.3 is 0 Å². The van der Waals surface area contributed by atoms with Gasteiger partial charge in [0.2, 0.25) is 5.91 Å². The SMILES string of the molecule is COc1cc(Cl)c(C)cc1NCC(=O)Nc1cccc(Cl)c1Cl. The summed E-state index contributed by atoms with van der Waals surface area (Å²) >= 11 is 18.0. The molecule has 7 heteroatoms. The van der Waals surface area contributed by atoms with Gasteiger partial charge in [0.25, 0.3) is 0 Å². The van der Waals surface area contributed by atoms with Crippen molar-refractivity contribution in [2.45, 2.75) is 6.92 Å². The van der Waals surface area contributed by atoms with Crippen LogP contribution in [0.2, 0.25) is 15.1 Å². The number of anilines is 2. The maximum atomic E-state index is 12.1. The summed E-state index contributed by atoms with van der Waals surface area (Å²) in [7, 11) is 1.54. The Balaban J connectivity index is 2.05. The molecule has 2 rings (SSSR count). The largest absolute Gasteiger partial charge is 0.495 e. The number of rotatable bonds is 5. The quantitative estimate of drug-likeness (QED) is 0.774. The van der Waals surface area contributed by atoms with Crippen molar-refractivity contribution in [2.75, 3.05) is 24.3 Å². The molecule has 122 valence electrons. The van der Waals surface area contributed by atoms with E-state index in [4.69, 9.17) is 39.5 Å². The fourth-order valence-electron chi connectivity index (χ4n) is 1.94. The number of amides is 1. The van der Waals surface area contributed by atoms with E-state index in [-0.39, 0.29) is 12.5 Å². The first-order valence-electron chi connectivity index (χ1n) is 6.74. The summed E-state index contributed by atoms with van der Waals surface area (Å²) in [5.41, 5.74) is 2.03. The average Bonchev–Trinajstić information content (AvgIpc) is 2.52. The molecule has 1 amide bonds. The molecule has 0 bridgehead atoms. The molecule has 2 aromatic carbocycles. The monoisotopic (exact) mass is 372 g/mol. The van der Waals surface area contributed by atoms with Crippen molar-refractivity contribution in [3.63, 3.8) is 0 Å². The van der Waals surface area contributed by atoms with Crippen LogP contribution in [0, 0.1) is 6.92 Å². The number of carbonyl (C=O) groups is 1. The highest BCUT2D eigenvalue weighted by molar-refractivity contribution is 6.44. The van der Waals surface area contributed by atoms with E-state index in [1.54, 1.807) is 24.3 Å². The lowest BCUT2D eigenvalue weighted by molar-refractivity contribution is -0.114. The third kappa shape index (κ3) is 4.44. The van der Waals surface area contributed by atoms with E-state index >= 15 is 0 Å². The molecule has 2 aromatic rings. The van der Waals surface area contributed by atoms with Crippen LogP contribution in [0.1, 0.15) is 5.56 Å². The van der Waals surface area contributed by atoms with Crippen molar-refractivity contribution < 1.29 is 9.53 Å². The van der Waals surface area contributed by atoms with E-state index in [1.807, 2.05) is 13.0 Å². The smallest absolute Gasteiger partial charge is 0.243 e. The molecule has 0 heterocycles. The number of ether oxygens (including phenoxy) is 1. The van der Waals surface area contributed by atoms with Crippen molar-refractivity contribution >= 4 is 52.1 Å². The predicted octanol–water partition coefficient (Wildman–Crippen LogP) is 5.01. The Kier molecular flexibility index (Phi) is 5.99. The van der Waals surface area contributed by atoms with Gasteiger partial charge in [-0.15, -0.1) is 0 Å². The van der Waals surface area contributed by atoms with E-state index in [0.29, 0.717) is 32.2 Å². The third-order valence-corrected chi connectivity index (χ3v) is 4.37. The zero-order chi connectivity index (χ0) is 17.0. The molecule has 0 unspecified atom stereocenters. The van der Waals surface area contributed by atoms with Crippen LogP contribution in [0.5, 0.6) is 5.75 Å². The number of halogens is 3. The lowest BCUT2D eigenvalue weighted by Crippen LogP contribution is -2.22. The highest BCUT2D eigenvalue weighted by Gasteiger charge is 2.11. The normalized spacial score (nSPS) is 10.3. The Labute approximate surface area is 149 Å². The van der Waals surface area contributed by atoms with Gasteiger partial charge in [0.1, 0.15) is 5.75 Å². The molecule has 0 saturated carbocycles. The van der Waals surface area contributed by atoms with E-state index in [9.17, 15) is 4.79 Å². The molecule has 0 saturated heterocycles. The van der Waals surface area contributed by atoms with Crippen LogP contribution in [0.3, 0.4) is 0 Å². The fourth-order valence-corrected chi connectivity index (χ4v) is 2.44. The van der Waals surface area contributed by atoms with Crippen LogP contribution < -0.4 is 15.4 Å². The maximum Gasteiger partial charge on any atom is 0.243 e. The minimum atomic E-state index is -0.260. The minimum Gasteiger partial charge on any atom is -0.495 e. The van der Waals surface area contributed by atoms with Gasteiger partial charge in [0, 0.05) is 11.1 Å². The Morgan fingerprint density at radius 1 is 1.13 bits per heavy atom. The van der Waals surface area contributed by atoms with Gasteiger partial charge in [-0.1, -0.05) is 40.9 Å². The van der Waals surface area contributed by atoms with Gasteiger partial charge in [0.05, 0.1) is 35.1 Å². The number of aryl methyl sites for hydroxylation is 1. The summed E-state index contributed by atoms with van der Waals surface area (Å²) in [6, 6.07) is 8.56. The van der Waals surface area contributed by atoms with Gasteiger partial charge in [-0.3, -0.25) is 4.79 Å². The summed E-state index contributed by atoms with van der Waals surface area (Å²) < 4.78 is 5.25. The number of carbonyl (C=O) groups excluding carboxylic acids is 1. The average molecular weight is 374 g/mol. The molecule has 0 aliphatic carbocycles. The zero-order valence-corrected chi connectivity index (χ0v) is 14.8. The van der Waals surface area contributed by atoms with E-state index in [1.165, 1.54) is 7.11 Å². The van der Waals surface area contributed by atoms with Crippen molar-refractivity contribution in [3.8, 4) is 5.75 Å². The van der Waals surface area contributed by atoms with E-state index in [2.05, 4.69) is 10.6 Å². The Morgan fingerprint density at radius 2 is 1.87 bits per heavy atom. The first-order valence-corrected chi connectivity index (χ1v) is 7.87. The number of nitrogens with one attached hydrogen (secondary N) is 2. The summed E-state index contributed by atoms with van der Waals surface area (Å²) in [4.78, 5) is 12.1. The van der Waals surface area contributed by atoms with Crippen LogP contribution in [-0.2, 0) is 4.79 Å². The molecule has 23 heavy (non-hydrogen) atoms. The maximum absolute atomic E-state index is 12.1. The first-order chi connectivity index (χ1) is 10.9. The first kappa shape index (κ1) is 17.7. The minimum absolute atomic E-state index is 0.0419. The molecule has 0 aromatic heterocycles. The predicted molar refractivity (Wildman–Crippen MR) is 96.3 cm³/mol. The van der Waals surface area contributed by atoms with E-state index < -0.39 is 0 Å². The molecule has 0 aliphatic heterocycles. The van der Waals surface area contributed by atoms with Crippen molar-refractivity contribution in [3.05, 3.63) is 51.0 Å². The lowest BCUT2D eigenvalue weighted by Gasteiger charge is -2.13. The summed E-state index contributed by atoms with van der Waals surface area (Å²) in [6.45, 7) is 1.92. The number of hydrogen-bond donors (Lipinski definition) is 2. The lowest BCUT2D eigenvalue weighted by atomic mass is 10.2. The Hall–Kier alpha value is -1.62. The topological polar surface area (TPSA) is 50.4 Å². The van der Waals surface area contributed by atoms with Gasteiger partial charge in [0.15, 0.2) is 0 Å². The molecule has 2 N–H and O–H groups in total. The van der Waals surface area contributed by atoms with Gasteiger partial charge in [-0.2, -0.15) is 0 Å². The van der Waals surface area contributed by atoms with Gasteiger partial charge in [-0.25, -0.2) is 0 Å². The van der Waals surface area contributed by atoms with Crippen LogP contribution >= 0.6 is 34.8 Å². The van der Waals surface area contributed by atoms with Crippen molar-refractivity contribution in [1.82, 2.24) is 0 Å². The summed E-state index contributed by atoms with van der Waals surface area (Å²) in [5, 5.41) is 7.00. The van der Waals surface area contributed by atoms with Gasteiger partial charge in [-0.05, 0) is 30.7 Å². The molecule has 0 atom stereocenters. The third-order valence-electron chi connectivity index (χ3n) is 3.15. The molecular weight excluding hydrogens is 359 g/mol. The van der Waals surface area contributed by atoms with Crippen molar-refractivity contribution in [2.24, 2.45) is 0 Å². The number of methoxy groups -OCH3 is 1. The number of benzene rings is 2. The molecule has 0 fully saturated rings. The van der Waals surface area contributed by atoms with E-state index in [0.717, 1.165) is 5.56 Å². The second-order valence-electron chi connectivity index (χ2n) is 4.80. The molecular formula is C16H15Cl3N2O2. The molecule has 0 radical (unpaired) electrons. The van der Waals surface area contributed by atoms with Crippen LogP contribution in [-0.4, -0.2) is 19.6 Å². The molecule has 0 aliphatic rings. The Bertz CT molecular complexity index is 736. The fraction of sp³-hybridized carbons (Fsp3) is 0.188. The van der Waals surface area contributed by atoms with Crippen LogP contribution in [0.4, 0.5) is 11.4 Å². The van der Waals surface area contributed by atoms with Gasteiger partial charge < -0.3 is 15.4 Å². The highest BCUT2D eigenvalue weighted by atomic mass is 35.5. The number of hydrogen-bond acceptors (Lipinski definition) is 3. The molecule has 0 spiro atoms. The Morgan fingerprint density at radius 3 is 2.57 bits per heavy atom. The standard InChI is InChI=1S/C16H15Cl3N2O2/c1-9-6-13(14(23-2)7-11(9)18)20-8-15(22)21-12-5-3-4-10(17)16(12)19/h3-7,20H,8H2,1-2H3,(H,21,22). The molecule has 4 nitrogen and oxygen atoms in total.